The summed E-state index contributed by atoms with van der Waals surface area (Å²) in [6.45, 7) is 1.55. The molecule has 16 heavy (non-hydrogen) atoms. The van der Waals surface area contributed by atoms with Gasteiger partial charge in [0.1, 0.15) is 0 Å². The van der Waals surface area contributed by atoms with Crippen molar-refractivity contribution in [2.24, 2.45) is 0 Å². The fraction of sp³-hybridized carbons (Fsp3) is 0.333. The summed E-state index contributed by atoms with van der Waals surface area (Å²) in [5, 5.41) is 10.7. The van der Waals surface area contributed by atoms with Crippen LogP contribution in [0.2, 0.25) is 0 Å². The summed E-state index contributed by atoms with van der Waals surface area (Å²) in [6, 6.07) is 4.55. The van der Waals surface area contributed by atoms with E-state index in [9.17, 15) is 22.4 Å². The summed E-state index contributed by atoms with van der Waals surface area (Å²) >= 11 is 0. The zero-order valence-corrected chi connectivity index (χ0v) is 9.33. The highest BCUT2D eigenvalue weighted by molar-refractivity contribution is 7.86. The van der Waals surface area contributed by atoms with Gasteiger partial charge in [-0.25, -0.2) is 0 Å². The van der Waals surface area contributed by atoms with Crippen LogP contribution in [-0.4, -0.2) is 19.1 Å². The minimum absolute atomic E-state index is 0.147. The van der Waals surface area contributed by atoms with Crippen molar-refractivity contribution in [3.63, 3.8) is 0 Å². The maximum atomic E-state index is 12.3. The number of hydrogen-bond donors (Lipinski definition) is 0. The molecule has 0 fully saturated rings. The lowest BCUT2D eigenvalue weighted by Gasteiger charge is -2.03. The monoisotopic (exact) mass is 247 g/mol. The van der Waals surface area contributed by atoms with Crippen molar-refractivity contribution in [2.75, 3.05) is 5.75 Å². The molecule has 0 aliphatic carbocycles. The zero-order chi connectivity index (χ0) is 12.3. The molecule has 0 aliphatic heterocycles. The van der Waals surface area contributed by atoms with E-state index in [1.54, 1.807) is 19.1 Å². The number of aryl methyl sites for hydroxylation is 2. The summed E-state index contributed by atoms with van der Waals surface area (Å²) in [6.07, 6.45) is -0.198. The molecule has 5 nitrogen and oxygen atoms in total. The van der Waals surface area contributed by atoms with Crippen LogP contribution >= 0.6 is 0 Å². The van der Waals surface area contributed by atoms with E-state index in [4.69, 9.17) is 0 Å². The topological polar surface area (TPSA) is 77.3 Å². The minimum Gasteiger partial charge on any atom is -0.258 e. The molecule has 0 aromatic heterocycles. The number of para-hydroxylation sites is 1. The zero-order valence-electron chi connectivity index (χ0n) is 8.51. The average molecular weight is 247 g/mol. The summed E-state index contributed by atoms with van der Waals surface area (Å²) in [7, 11) is -4.60. The smallest absolute Gasteiger partial charge is 0.258 e. The van der Waals surface area contributed by atoms with Gasteiger partial charge in [-0.1, -0.05) is 18.2 Å². The van der Waals surface area contributed by atoms with Gasteiger partial charge in [0.05, 0.1) is 10.7 Å². The molecule has 0 radical (unpaired) electrons. The molecular formula is C9H10FNO4S. The first-order chi connectivity index (χ1) is 7.31. The van der Waals surface area contributed by atoms with E-state index in [0.717, 1.165) is 0 Å². The summed E-state index contributed by atoms with van der Waals surface area (Å²) < 4.78 is 33.0. The van der Waals surface area contributed by atoms with Crippen LogP contribution in [0.3, 0.4) is 0 Å². The Balaban J connectivity index is 3.05. The normalized spacial score (nSPS) is 11.4. The highest BCUT2D eigenvalue weighted by Gasteiger charge is 2.18. The van der Waals surface area contributed by atoms with Gasteiger partial charge in [0.15, 0.2) is 0 Å². The Morgan fingerprint density at radius 2 is 2.06 bits per heavy atom. The number of hydrogen-bond acceptors (Lipinski definition) is 4. The van der Waals surface area contributed by atoms with Crippen LogP contribution in [-0.2, 0) is 16.6 Å². The lowest BCUT2D eigenvalue weighted by Crippen LogP contribution is -2.05. The Morgan fingerprint density at radius 3 is 2.56 bits per heavy atom. The SMILES string of the molecule is Cc1cccc(CCS(=O)(=O)F)c1[N+](=O)[O-]. The first kappa shape index (κ1) is 12.6. The van der Waals surface area contributed by atoms with Crippen molar-refractivity contribution in [1.29, 1.82) is 0 Å². The van der Waals surface area contributed by atoms with Crippen molar-refractivity contribution in [3.05, 3.63) is 39.4 Å². The van der Waals surface area contributed by atoms with E-state index < -0.39 is 20.9 Å². The number of nitrogens with zero attached hydrogens (tertiary/aromatic N) is 1. The van der Waals surface area contributed by atoms with Crippen LogP contribution in [0.5, 0.6) is 0 Å². The third-order valence-electron chi connectivity index (χ3n) is 2.12. The number of rotatable bonds is 4. The lowest BCUT2D eigenvalue weighted by molar-refractivity contribution is -0.386. The fourth-order valence-corrected chi connectivity index (χ4v) is 1.88. The lowest BCUT2D eigenvalue weighted by atomic mass is 10.1. The largest absolute Gasteiger partial charge is 0.302 e. The predicted octanol–water partition coefficient (Wildman–Crippen LogP) is 1.75. The Kier molecular flexibility index (Phi) is 3.58. The Bertz CT molecular complexity index is 512. The average Bonchev–Trinajstić information content (AvgIpc) is 2.12. The molecule has 0 amide bonds. The van der Waals surface area contributed by atoms with Crippen molar-refractivity contribution < 1.29 is 17.2 Å². The summed E-state index contributed by atoms with van der Waals surface area (Å²) in [5.41, 5.74) is 0.510. The highest BCUT2D eigenvalue weighted by atomic mass is 32.3. The number of nitro benzene ring substituents is 1. The maximum absolute atomic E-state index is 12.3. The van der Waals surface area contributed by atoms with Gasteiger partial charge >= 0.3 is 10.2 Å². The second-order valence-corrected chi connectivity index (χ2v) is 4.82. The Labute approximate surface area is 92.3 Å². The van der Waals surface area contributed by atoms with Gasteiger partial charge in [0.25, 0.3) is 5.69 Å². The third-order valence-corrected chi connectivity index (χ3v) is 2.81. The molecule has 1 rings (SSSR count). The van der Waals surface area contributed by atoms with Crippen molar-refractivity contribution in [1.82, 2.24) is 0 Å². The van der Waals surface area contributed by atoms with Crippen LogP contribution in [0.4, 0.5) is 9.57 Å². The molecule has 1 aromatic carbocycles. The molecule has 0 saturated heterocycles. The molecule has 1 aromatic rings. The van der Waals surface area contributed by atoms with Crippen molar-refractivity contribution in [2.45, 2.75) is 13.3 Å². The van der Waals surface area contributed by atoms with E-state index in [0.29, 0.717) is 5.56 Å². The predicted molar refractivity (Wildman–Crippen MR) is 56.4 cm³/mol. The Hall–Kier alpha value is -1.50. The molecule has 0 atom stereocenters. The van der Waals surface area contributed by atoms with Crippen LogP contribution in [0.1, 0.15) is 11.1 Å². The van der Waals surface area contributed by atoms with E-state index in [1.165, 1.54) is 6.07 Å². The van der Waals surface area contributed by atoms with E-state index in [2.05, 4.69) is 0 Å². The molecule has 0 spiro atoms. The molecule has 0 aliphatic rings. The fourth-order valence-electron chi connectivity index (χ4n) is 1.41. The minimum atomic E-state index is -4.60. The number of benzene rings is 1. The second-order valence-electron chi connectivity index (χ2n) is 3.33. The molecule has 88 valence electrons. The second kappa shape index (κ2) is 4.56. The highest BCUT2D eigenvalue weighted by Crippen LogP contribution is 2.23. The standard InChI is InChI=1S/C9H10FNO4S/c1-7-3-2-4-8(9(7)11(12)13)5-6-16(10,14)15/h2-4H,5-6H2,1H3. The molecule has 0 heterocycles. The van der Waals surface area contributed by atoms with Gasteiger partial charge in [0.2, 0.25) is 0 Å². The van der Waals surface area contributed by atoms with Gasteiger partial charge in [-0.05, 0) is 13.3 Å². The van der Waals surface area contributed by atoms with Crippen molar-refractivity contribution >= 4 is 15.9 Å². The van der Waals surface area contributed by atoms with Gasteiger partial charge in [0, 0.05) is 11.1 Å². The van der Waals surface area contributed by atoms with E-state index in [-0.39, 0.29) is 17.7 Å². The number of halogens is 1. The summed E-state index contributed by atoms with van der Waals surface area (Å²) in [5.74, 6) is -0.739. The summed E-state index contributed by atoms with van der Waals surface area (Å²) in [4.78, 5) is 10.1. The molecule has 0 bridgehead atoms. The first-order valence-corrected chi connectivity index (χ1v) is 6.02. The van der Waals surface area contributed by atoms with E-state index >= 15 is 0 Å². The van der Waals surface area contributed by atoms with Crippen LogP contribution in [0.25, 0.3) is 0 Å². The molecule has 7 heteroatoms. The van der Waals surface area contributed by atoms with Gasteiger partial charge in [-0.3, -0.25) is 10.1 Å². The quantitative estimate of drug-likeness (QED) is 0.461. The van der Waals surface area contributed by atoms with E-state index in [1.807, 2.05) is 0 Å². The van der Waals surface area contributed by atoms with Gasteiger partial charge in [-0.2, -0.15) is 8.42 Å². The molecule has 0 saturated carbocycles. The van der Waals surface area contributed by atoms with Crippen molar-refractivity contribution in [3.8, 4) is 0 Å². The molecule has 0 unspecified atom stereocenters. The van der Waals surface area contributed by atoms with Crippen LogP contribution < -0.4 is 0 Å². The van der Waals surface area contributed by atoms with Gasteiger partial charge in [-0.15, -0.1) is 3.89 Å². The van der Waals surface area contributed by atoms with Crippen LogP contribution in [0.15, 0.2) is 18.2 Å². The Morgan fingerprint density at radius 1 is 1.44 bits per heavy atom. The molecule has 0 N–H and O–H groups in total. The molecular weight excluding hydrogens is 237 g/mol. The van der Waals surface area contributed by atoms with Gasteiger partial charge < -0.3 is 0 Å². The third kappa shape index (κ3) is 3.27. The first-order valence-electron chi connectivity index (χ1n) is 4.46. The van der Waals surface area contributed by atoms with Crippen LogP contribution in [0, 0.1) is 17.0 Å². The maximum Gasteiger partial charge on any atom is 0.302 e. The number of nitro groups is 1.